The minimum absolute atomic E-state index is 0.104. The van der Waals surface area contributed by atoms with Gasteiger partial charge in [-0.3, -0.25) is 29.4 Å². The number of aromatic amines is 4. The molecule has 8 rings (SSSR count). The predicted molar refractivity (Wildman–Crippen MR) is 209 cm³/mol. The number of methoxy groups -OCH3 is 2. The van der Waals surface area contributed by atoms with Gasteiger partial charge < -0.3 is 50.6 Å². The molecule has 4 aromatic rings. The van der Waals surface area contributed by atoms with Gasteiger partial charge in [0.15, 0.2) is 6.29 Å². The number of rotatable bonds is 7. The van der Waals surface area contributed by atoms with Gasteiger partial charge >= 0.3 is 0 Å². The fourth-order valence-corrected chi connectivity index (χ4v) is 6.94. The molecule has 8 heterocycles. The third-order valence-corrected chi connectivity index (χ3v) is 9.77. The Morgan fingerprint density at radius 2 is 1.24 bits per heavy atom. The van der Waals surface area contributed by atoms with E-state index in [0.717, 1.165) is 24.2 Å². The number of nitrogen functional groups attached to an aromatic ring is 2. The highest BCUT2D eigenvalue weighted by atomic mass is 16.7. The Morgan fingerprint density at radius 1 is 0.745 bits per heavy atom. The van der Waals surface area contributed by atoms with Gasteiger partial charge in [-0.15, -0.1) is 0 Å². The monoisotopic (exact) mass is 768 g/mol. The SMILES string of the molecule is CC1C=CC(C)O1.CC1CN(Cc2c[nH]c3c(=O)[nH]c(N)nc23)CC1O.COC1C=CC(C)O1.COCC1CN(Cc2c[nH]c3c(=O)[nH]c(N)nc23)CC1O. The number of hydrogen-bond donors (Lipinski definition) is 8. The van der Waals surface area contributed by atoms with Crippen LogP contribution in [0, 0.1) is 11.8 Å². The van der Waals surface area contributed by atoms with Crippen LogP contribution in [0.4, 0.5) is 11.9 Å². The van der Waals surface area contributed by atoms with Gasteiger partial charge in [0.25, 0.3) is 11.1 Å². The third kappa shape index (κ3) is 11.1. The number of β-amino-alcohol motifs (C(OH)–C–C–N with tert-alkyl or cyclic N) is 2. The van der Waals surface area contributed by atoms with E-state index >= 15 is 0 Å². The number of nitrogens with one attached hydrogen (secondary N) is 4. The second kappa shape index (κ2) is 19.0. The Kier molecular flexibility index (Phi) is 14.4. The van der Waals surface area contributed by atoms with Gasteiger partial charge in [0.05, 0.1) is 37.1 Å². The maximum atomic E-state index is 11.8. The van der Waals surface area contributed by atoms with E-state index in [1.165, 1.54) is 0 Å². The zero-order valence-electron chi connectivity index (χ0n) is 32.3. The molecule has 2 saturated heterocycles. The summed E-state index contributed by atoms with van der Waals surface area (Å²) in [7, 11) is 3.26. The molecule has 10 N–H and O–H groups in total. The molecule has 4 aliphatic rings. The summed E-state index contributed by atoms with van der Waals surface area (Å²) in [6.45, 7) is 12.7. The average molecular weight is 769 g/mol. The number of nitrogens with two attached hydrogens (primary N) is 2. The van der Waals surface area contributed by atoms with Crippen LogP contribution < -0.4 is 22.6 Å². The number of nitrogens with zero attached hydrogens (tertiary/aromatic N) is 4. The summed E-state index contributed by atoms with van der Waals surface area (Å²) in [4.78, 5) is 46.9. The van der Waals surface area contributed by atoms with E-state index in [1.807, 2.05) is 39.8 Å². The predicted octanol–water partition coefficient (Wildman–Crippen LogP) is 1.20. The van der Waals surface area contributed by atoms with Gasteiger partial charge in [-0.25, -0.2) is 9.97 Å². The summed E-state index contributed by atoms with van der Waals surface area (Å²) < 4.78 is 20.4. The molecule has 4 aromatic heterocycles. The molecule has 18 heteroatoms. The fraction of sp³-hybridized carbons (Fsp3) is 0.568. The van der Waals surface area contributed by atoms with Gasteiger partial charge in [0, 0.05) is 82.9 Å². The number of aliphatic hydroxyl groups excluding tert-OH is 2. The van der Waals surface area contributed by atoms with Crippen LogP contribution in [0.5, 0.6) is 0 Å². The summed E-state index contributed by atoms with van der Waals surface area (Å²) in [6, 6.07) is 0. The highest BCUT2D eigenvalue weighted by molar-refractivity contribution is 5.79. The van der Waals surface area contributed by atoms with Crippen LogP contribution in [0.2, 0.25) is 0 Å². The maximum Gasteiger partial charge on any atom is 0.276 e. The Bertz CT molecular complexity index is 2000. The van der Waals surface area contributed by atoms with Crippen LogP contribution >= 0.6 is 0 Å². The molecule has 0 aromatic carbocycles. The van der Waals surface area contributed by atoms with Crippen molar-refractivity contribution in [3.8, 4) is 0 Å². The van der Waals surface area contributed by atoms with E-state index in [0.29, 0.717) is 67.1 Å². The molecule has 0 aliphatic carbocycles. The number of aliphatic hydroxyl groups is 2. The van der Waals surface area contributed by atoms with Crippen molar-refractivity contribution >= 4 is 34.0 Å². The molecule has 0 spiro atoms. The third-order valence-electron chi connectivity index (χ3n) is 9.77. The molecular weight excluding hydrogens is 712 g/mol. The molecule has 302 valence electrons. The van der Waals surface area contributed by atoms with Crippen molar-refractivity contribution < 1.29 is 29.2 Å². The Balaban J connectivity index is 0.000000155. The van der Waals surface area contributed by atoms with Gasteiger partial charge in [-0.2, -0.15) is 0 Å². The Hall–Kier alpha value is -4.40. The lowest BCUT2D eigenvalue weighted by Gasteiger charge is -2.14. The molecule has 0 bridgehead atoms. The summed E-state index contributed by atoms with van der Waals surface area (Å²) >= 11 is 0. The zero-order valence-corrected chi connectivity index (χ0v) is 32.3. The first-order chi connectivity index (χ1) is 26.2. The van der Waals surface area contributed by atoms with E-state index in [2.05, 4.69) is 51.9 Å². The minimum Gasteiger partial charge on any atom is -0.391 e. The second-order valence-electron chi connectivity index (χ2n) is 14.5. The van der Waals surface area contributed by atoms with Crippen molar-refractivity contribution in [2.45, 2.75) is 77.6 Å². The van der Waals surface area contributed by atoms with Gasteiger partial charge in [0.2, 0.25) is 11.9 Å². The molecule has 18 nitrogen and oxygen atoms in total. The molecule has 8 atom stereocenters. The highest BCUT2D eigenvalue weighted by Gasteiger charge is 2.32. The number of ether oxygens (including phenoxy) is 4. The van der Waals surface area contributed by atoms with Crippen LogP contribution in [-0.4, -0.2) is 134 Å². The molecular formula is C37H56N10O8. The molecule has 55 heavy (non-hydrogen) atoms. The van der Waals surface area contributed by atoms with Crippen LogP contribution in [0.25, 0.3) is 22.1 Å². The van der Waals surface area contributed by atoms with E-state index < -0.39 is 6.10 Å². The first-order valence-electron chi connectivity index (χ1n) is 18.5. The standard InChI is InChI=1S/C13H19N5O3.C12H17N5O2.C6H10O2.C6H10O/c1-21-6-8-4-18(5-9(8)19)3-7-2-15-11-10(7)16-13(14)17-12(11)20;1-6-3-17(5-8(6)18)4-7-2-14-10-9(7)15-12(13)16-11(10)19;1-5-3-4-6(7-2)8-5;1-5-3-4-6(2)7-5/h2,8-9,15,19H,3-6H2,1H3,(H3,14,16,17,20);2,6,8,14,18H,3-5H2,1H3,(H3,13,15,16,19);3-6H,1-2H3;3-6H,1-2H3. The van der Waals surface area contributed by atoms with Crippen molar-refractivity contribution in [3.05, 3.63) is 68.5 Å². The normalized spacial score (nSPS) is 27.6. The molecule has 2 fully saturated rings. The van der Waals surface area contributed by atoms with Crippen molar-refractivity contribution in [1.29, 1.82) is 0 Å². The van der Waals surface area contributed by atoms with Gasteiger partial charge in [0.1, 0.15) is 22.1 Å². The van der Waals surface area contributed by atoms with Crippen LogP contribution in [0.1, 0.15) is 38.8 Å². The minimum atomic E-state index is -0.392. The summed E-state index contributed by atoms with van der Waals surface area (Å²) in [6.07, 6.45) is 11.7. The van der Waals surface area contributed by atoms with E-state index in [1.54, 1.807) is 26.6 Å². The van der Waals surface area contributed by atoms with Crippen LogP contribution in [-0.2, 0) is 32.0 Å². The molecule has 0 saturated carbocycles. The number of hydrogen-bond acceptors (Lipinski definition) is 14. The van der Waals surface area contributed by atoms with Gasteiger partial charge in [-0.05, 0) is 32.8 Å². The fourth-order valence-electron chi connectivity index (χ4n) is 6.94. The molecule has 0 amide bonds. The first kappa shape index (κ1) is 41.8. The van der Waals surface area contributed by atoms with E-state index in [4.69, 9.17) is 30.4 Å². The number of fused-ring (bicyclic) bond motifs is 2. The summed E-state index contributed by atoms with van der Waals surface area (Å²) in [5, 5.41) is 19.8. The lowest BCUT2D eigenvalue weighted by Crippen LogP contribution is -2.21. The van der Waals surface area contributed by atoms with Crippen LogP contribution in [0.3, 0.4) is 0 Å². The smallest absolute Gasteiger partial charge is 0.276 e. The average Bonchev–Trinajstić information content (AvgIpc) is 3.99. The van der Waals surface area contributed by atoms with Crippen molar-refractivity contribution in [2.24, 2.45) is 11.8 Å². The lowest BCUT2D eigenvalue weighted by atomic mass is 10.1. The molecule has 8 unspecified atom stereocenters. The van der Waals surface area contributed by atoms with Crippen molar-refractivity contribution in [3.63, 3.8) is 0 Å². The number of aromatic nitrogens is 6. The topological polar surface area (TPSA) is 259 Å². The van der Waals surface area contributed by atoms with Gasteiger partial charge in [-0.1, -0.05) is 25.2 Å². The van der Waals surface area contributed by atoms with E-state index in [9.17, 15) is 19.8 Å². The van der Waals surface area contributed by atoms with E-state index in [-0.39, 0.29) is 53.3 Å². The quantitative estimate of drug-likeness (QED) is 0.123. The lowest BCUT2D eigenvalue weighted by molar-refractivity contribution is -0.0931. The largest absolute Gasteiger partial charge is 0.391 e. The number of likely N-dealkylation sites (tertiary alicyclic amines) is 2. The van der Waals surface area contributed by atoms with Crippen molar-refractivity contribution in [2.75, 3.05) is 58.5 Å². The maximum absolute atomic E-state index is 11.8. The van der Waals surface area contributed by atoms with Crippen LogP contribution in [0.15, 0.2) is 46.3 Å². The summed E-state index contributed by atoms with van der Waals surface area (Å²) in [5.74, 6) is 0.605. The molecule has 0 radical (unpaired) electrons. The highest BCUT2D eigenvalue weighted by Crippen LogP contribution is 2.23. The second-order valence-corrected chi connectivity index (χ2v) is 14.5. The number of H-pyrrole nitrogens is 4. The Labute approximate surface area is 318 Å². The number of anilines is 2. The zero-order chi connectivity index (χ0) is 39.8. The molecule has 4 aliphatic heterocycles. The first-order valence-corrected chi connectivity index (χ1v) is 18.5. The Morgan fingerprint density at radius 3 is 1.64 bits per heavy atom. The summed E-state index contributed by atoms with van der Waals surface area (Å²) in [5.41, 5.74) is 14.5. The van der Waals surface area contributed by atoms with Crippen molar-refractivity contribution in [1.82, 2.24) is 39.7 Å².